The van der Waals surface area contributed by atoms with Crippen LogP contribution in [0.15, 0.2) is 29.1 Å². The van der Waals surface area contributed by atoms with Crippen molar-refractivity contribution in [1.29, 1.82) is 0 Å². The van der Waals surface area contributed by atoms with E-state index in [1.807, 2.05) is 6.92 Å². The number of amides is 1. The molecule has 1 unspecified atom stereocenters. The SMILES string of the molecule is Cc1nc(C)c(CC(=O)N(C)C(C)c2ccc(F)cc2)c(=O)[nH]1. The van der Waals surface area contributed by atoms with Crippen molar-refractivity contribution in [3.05, 3.63) is 63.1 Å². The van der Waals surface area contributed by atoms with E-state index < -0.39 is 0 Å². The van der Waals surface area contributed by atoms with Crippen LogP contribution in [0.1, 0.15) is 35.6 Å². The number of aromatic nitrogens is 2. The topological polar surface area (TPSA) is 66.1 Å². The van der Waals surface area contributed by atoms with Gasteiger partial charge in [-0.25, -0.2) is 9.37 Å². The fraction of sp³-hybridized carbons (Fsp3) is 0.353. The second-order valence-corrected chi connectivity index (χ2v) is 5.62. The molecular weight excluding hydrogens is 297 g/mol. The summed E-state index contributed by atoms with van der Waals surface area (Å²) >= 11 is 0. The molecule has 0 fully saturated rings. The molecule has 0 saturated carbocycles. The second kappa shape index (κ2) is 6.73. The number of hydrogen-bond acceptors (Lipinski definition) is 3. The van der Waals surface area contributed by atoms with Gasteiger partial charge in [0.05, 0.1) is 12.5 Å². The van der Waals surface area contributed by atoms with Crippen molar-refractivity contribution < 1.29 is 9.18 Å². The van der Waals surface area contributed by atoms with Crippen molar-refractivity contribution >= 4 is 5.91 Å². The van der Waals surface area contributed by atoms with Gasteiger partial charge in [-0.05, 0) is 38.5 Å². The lowest BCUT2D eigenvalue weighted by atomic mass is 10.1. The van der Waals surface area contributed by atoms with Gasteiger partial charge in [0, 0.05) is 18.3 Å². The lowest BCUT2D eigenvalue weighted by Gasteiger charge is -2.25. The Kier molecular flexibility index (Phi) is 4.93. The summed E-state index contributed by atoms with van der Waals surface area (Å²) in [6, 6.07) is 5.80. The molecule has 5 nitrogen and oxygen atoms in total. The standard InChI is InChI=1S/C17H20FN3O2/c1-10-15(17(23)20-12(3)19-10)9-16(22)21(4)11(2)13-5-7-14(18)8-6-13/h5-8,11H,9H2,1-4H3,(H,19,20,23). The molecule has 1 N–H and O–H groups in total. The molecular formula is C17H20FN3O2. The van der Waals surface area contributed by atoms with Crippen LogP contribution in [0.2, 0.25) is 0 Å². The van der Waals surface area contributed by atoms with E-state index in [-0.39, 0.29) is 29.7 Å². The zero-order chi connectivity index (χ0) is 17.1. The average molecular weight is 317 g/mol. The zero-order valence-electron chi connectivity index (χ0n) is 13.7. The highest BCUT2D eigenvalue weighted by Crippen LogP contribution is 2.19. The predicted octanol–water partition coefficient (Wildman–Crippen LogP) is 2.29. The monoisotopic (exact) mass is 317 g/mol. The number of rotatable bonds is 4. The van der Waals surface area contributed by atoms with E-state index in [0.29, 0.717) is 17.1 Å². The van der Waals surface area contributed by atoms with Crippen molar-refractivity contribution in [2.75, 3.05) is 7.05 Å². The third-order valence-corrected chi connectivity index (χ3v) is 4.00. The van der Waals surface area contributed by atoms with Gasteiger partial charge in [-0.15, -0.1) is 0 Å². The summed E-state index contributed by atoms with van der Waals surface area (Å²) in [5.74, 6) is 0.0145. The molecule has 1 aromatic carbocycles. The molecule has 2 rings (SSSR count). The number of benzene rings is 1. The van der Waals surface area contributed by atoms with Gasteiger partial charge in [0.1, 0.15) is 11.6 Å². The first-order valence-corrected chi connectivity index (χ1v) is 7.37. The number of likely N-dealkylation sites (N-methyl/N-ethyl adjacent to an activating group) is 1. The summed E-state index contributed by atoms with van der Waals surface area (Å²) < 4.78 is 13.0. The maximum atomic E-state index is 13.0. The molecule has 0 radical (unpaired) electrons. The number of H-pyrrole nitrogens is 1. The summed E-state index contributed by atoms with van der Waals surface area (Å²) in [5, 5.41) is 0. The lowest BCUT2D eigenvalue weighted by Crippen LogP contribution is -2.33. The Hall–Kier alpha value is -2.50. The quantitative estimate of drug-likeness (QED) is 0.941. The Morgan fingerprint density at radius 2 is 1.91 bits per heavy atom. The summed E-state index contributed by atoms with van der Waals surface area (Å²) in [4.78, 5) is 32.8. The first-order valence-electron chi connectivity index (χ1n) is 7.37. The molecule has 0 bridgehead atoms. The molecule has 1 heterocycles. The minimum atomic E-state index is -0.317. The zero-order valence-corrected chi connectivity index (χ0v) is 13.7. The van der Waals surface area contributed by atoms with Crippen LogP contribution in [0.4, 0.5) is 4.39 Å². The highest BCUT2D eigenvalue weighted by Gasteiger charge is 2.20. The number of halogens is 1. The number of hydrogen-bond donors (Lipinski definition) is 1. The highest BCUT2D eigenvalue weighted by atomic mass is 19.1. The first kappa shape index (κ1) is 16.9. The first-order chi connectivity index (χ1) is 10.8. The number of aryl methyl sites for hydroxylation is 2. The average Bonchev–Trinajstić information content (AvgIpc) is 2.50. The highest BCUT2D eigenvalue weighted by molar-refractivity contribution is 5.79. The van der Waals surface area contributed by atoms with E-state index in [0.717, 1.165) is 5.56 Å². The molecule has 0 aliphatic rings. The molecule has 1 aromatic heterocycles. The molecule has 1 atom stereocenters. The van der Waals surface area contributed by atoms with Crippen molar-refractivity contribution in [2.45, 2.75) is 33.2 Å². The number of nitrogens with zero attached hydrogens (tertiary/aromatic N) is 2. The van der Waals surface area contributed by atoms with Crippen LogP contribution in [0.5, 0.6) is 0 Å². The third kappa shape index (κ3) is 3.83. The second-order valence-electron chi connectivity index (χ2n) is 5.62. The van der Waals surface area contributed by atoms with E-state index in [1.165, 1.54) is 12.1 Å². The Labute approximate surface area is 134 Å². The summed E-state index contributed by atoms with van der Waals surface area (Å²) in [6.45, 7) is 5.27. The summed E-state index contributed by atoms with van der Waals surface area (Å²) in [6.07, 6.45) is -0.0174. The van der Waals surface area contributed by atoms with E-state index in [9.17, 15) is 14.0 Å². The van der Waals surface area contributed by atoms with Gasteiger partial charge in [0.2, 0.25) is 5.91 Å². The van der Waals surface area contributed by atoms with Gasteiger partial charge in [-0.2, -0.15) is 0 Å². The number of nitrogens with one attached hydrogen (secondary N) is 1. The van der Waals surface area contributed by atoms with Crippen molar-refractivity contribution in [2.24, 2.45) is 0 Å². The molecule has 0 saturated heterocycles. The van der Waals surface area contributed by atoms with Gasteiger partial charge >= 0.3 is 0 Å². The molecule has 1 amide bonds. The Balaban J connectivity index is 2.17. The van der Waals surface area contributed by atoms with Crippen LogP contribution >= 0.6 is 0 Å². The molecule has 6 heteroatoms. The molecule has 0 spiro atoms. The number of carbonyl (C=O) groups excluding carboxylic acids is 1. The lowest BCUT2D eigenvalue weighted by molar-refractivity contribution is -0.131. The van der Waals surface area contributed by atoms with Crippen molar-refractivity contribution in [1.82, 2.24) is 14.9 Å². The minimum absolute atomic E-state index is 0.0174. The van der Waals surface area contributed by atoms with E-state index >= 15 is 0 Å². The smallest absolute Gasteiger partial charge is 0.254 e. The van der Waals surface area contributed by atoms with E-state index in [4.69, 9.17) is 0 Å². The number of aromatic amines is 1. The summed E-state index contributed by atoms with van der Waals surface area (Å²) in [7, 11) is 1.67. The van der Waals surface area contributed by atoms with Crippen molar-refractivity contribution in [3.8, 4) is 0 Å². The maximum Gasteiger partial charge on any atom is 0.254 e. The van der Waals surface area contributed by atoms with E-state index in [2.05, 4.69) is 9.97 Å². The van der Waals surface area contributed by atoms with Crippen LogP contribution in [-0.2, 0) is 11.2 Å². The molecule has 0 aliphatic carbocycles. The third-order valence-electron chi connectivity index (χ3n) is 4.00. The van der Waals surface area contributed by atoms with Gasteiger partial charge in [-0.3, -0.25) is 9.59 Å². The summed E-state index contributed by atoms with van der Waals surface area (Å²) in [5.41, 5.74) is 1.47. The van der Waals surface area contributed by atoms with Crippen molar-refractivity contribution in [3.63, 3.8) is 0 Å². The Morgan fingerprint density at radius 3 is 2.48 bits per heavy atom. The minimum Gasteiger partial charge on any atom is -0.339 e. The van der Waals surface area contributed by atoms with Crippen LogP contribution in [0.25, 0.3) is 0 Å². The number of carbonyl (C=O) groups is 1. The Morgan fingerprint density at radius 1 is 1.30 bits per heavy atom. The van der Waals surface area contributed by atoms with E-state index in [1.54, 1.807) is 37.9 Å². The maximum absolute atomic E-state index is 13.0. The van der Waals surface area contributed by atoms with Gasteiger partial charge in [0.15, 0.2) is 0 Å². The fourth-order valence-corrected chi connectivity index (χ4v) is 2.42. The molecule has 0 aliphatic heterocycles. The normalized spacial score (nSPS) is 12.0. The largest absolute Gasteiger partial charge is 0.339 e. The fourth-order valence-electron chi connectivity index (χ4n) is 2.42. The van der Waals surface area contributed by atoms with Crippen LogP contribution in [-0.4, -0.2) is 27.8 Å². The predicted molar refractivity (Wildman–Crippen MR) is 85.6 cm³/mol. The van der Waals surface area contributed by atoms with Crippen LogP contribution in [0.3, 0.4) is 0 Å². The van der Waals surface area contributed by atoms with Crippen LogP contribution < -0.4 is 5.56 Å². The van der Waals surface area contributed by atoms with Gasteiger partial charge in [0.25, 0.3) is 5.56 Å². The molecule has 23 heavy (non-hydrogen) atoms. The molecule has 2 aromatic rings. The van der Waals surface area contributed by atoms with Crippen LogP contribution in [0, 0.1) is 19.7 Å². The van der Waals surface area contributed by atoms with Gasteiger partial charge < -0.3 is 9.88 Å². The van der Waals surface area contributed by atoms with Gasteiger partial charge in [-0.1, -0.05) is 12.1 Å². The Bertz CT molecular complexity index is 768. The molecule has 122 valence electrons.